The first-order valence-corrected chi connectivity index (χ1v) is 6.14. The molecule has 0 radical (unpaired) electrons. The Bertz CT molecular complexity index is 423. The summed E-state index contributed by atoms with van der Waals surface area (Å²) in [5.74, 6) is -0.314. The van der Waals surface area contributed by atoms with Crippen molar-refractivity contribution in [2.75, 3.05) is 12.8 Å². The molecule has 16 heavy (non-hydrogen) atoms. The molecule has 0 bridgehead atoms. The second-order valence-corrected chi connectivity index (χ2v) is 4.37. The van der Waals surface area contributed by atoms with Gasteiger partial charge in [0.15, 0.2) is 10.9 Å². The van der Waals surface area contributed by atoms with Crippen molar-refractivity contribution in [3.63, 3.8) is 0 Å². The molecule has 4 nitrogen and oxygen atoms in total. The van der Waals surface area contributed by atoms with E-state index in [2.05, 4.69) is 21.9 Å². The Kier molecular flexibility index (Phi) is 4.76. The predicted molar refractivity (Wildman–Crippen MR) is 66.0 cm³/mol. The highest BCUT2D eigenvalue weighted by atomic mass is 35.5. The third-order valence-corrected chi connectivity index (χ3v) is 2.51. The summed E-state index contributed by atoms with van der Waals surface area (Å²) in [6, 6.07) is 0. The lowest BCUT2D eigenvalue weighted by molar-refractivity contribution is 0.0951. The smallest absolute Gasteiger partial charge is 0.271 e. The summed E-state index contributed by atoms with van der Waals surface area (Å²) in [6.07, 6.45) is 3.26. The number of halogens is 1. The summed E-state index contributed by atoms with van der Waals surface area (Å²) >= 11 is 7.20. The average Bonchev–Trinajstić information content (AvgIpc) is 2.26. The first-order chi connectivity index (χ1) is 7.54. The summed E-state index contributed by atoms with van der Waals surface area (Å²) in [6.45, 7) is 5.93. The highest BCUT2D eigenvalue weighted by molar-refractivity contribution is 7.98. The monoisotopic (exact) mass is 257 g/mol. The Hall–Kier alpha value is -1.07. The minimum Gasteiger partial charge on any atom is -0.347 e. The molecule has 0 aliphatic carbocycles. The topological polar surface area (TPSA) is 54.9 Å². The van der Waals surface area contributed by atoms with Crippen molar-refractivity contribution in [1.29, 1.82) is 0 Å². The van der Waals surface area contributed by atoms with Gasteiger partial charge in [-0.1, -0.05) is 35.5 Å². The third kappa shape index (κ3) is 3.50. The van der Waals surface area contributed by atoms with Crippen molar-refractivity contribution in [3.05, 3.63) is 29.1 Å². The molecule has 0 saturated heterocycles. The van der Waals surface area contributed by atoms with Gasteiger partial charge in [-0.05, 0) is 13.2 Å². The van der Waals surface area contributed by atoms with Crippen molar-refractivity contribution in [1.82, 2.24) is 15.3 Å². The third-order valence-electron chi connectivity index (χ3n) is 1.67. The van der Waals surface area contributed by atoms with Crippen molar-refractivity contribution in [2.24, 2.45) is 0 Å². The highest BCUT2D eigenvalue weighted by Crippen LogP contribution is 2.16. The van der Waals surface area contributed by atoms with E-state index in [-0.39, 0.29) is 16.6 Å². The molecule has 0 spiro atoms. The van der Waals surface area contributed by atoms with Crippen LogP contribution in [-0.2, 0) is 0 Å². The van der Waals surface area contributed by atoms with Crippen LogP contribution in [0.1, 0.15) is 17.4 Å². The molecule has 86 valence electrons. The molecule has 1 aromatic rings. The molecular weight excluding hydrogens is 246 g/mol. The standard InChI is InChI=1S/C10H12ClN3OS/c1-6(2)4-12-9(15)8-7(11)5-13-10(14-8)16-3/h5H,1,4H2,2-3H3,(H,12,15). The van der Waals surface area contributed by atoms with E-state index in [0.717, 1.165) is 5.57 Å². The number of carbonyl (C=O) groups excluding carboxylic acids is 1. The number of rotatable bonds is 4. The molecular formula is C10H12ClN3OS. The molecule has 0 aliphatic rings. The highest BCUT2D eigenvalue weighted by Gasteiger charge is 2.13. The van der Waals surface area contributed by atoms with Gasteiger partial charge in [-0.15, -0.1) is 0 Å². The van der Waals surface area contributed by atoms with E-state index in [4.69, 9.17) is 11.6 Å². The summed E-state index contributed by atoms with van der Waals surface area (Å²) in [5.41, 5.74) is 1.06. The zero-order valence-corrected chi connectivity index (χ0v) is 10.7. The Morgan fingerprint density at radius 3 is 2.94 bits per heavy atom. The lowest BCUT2D eigenvalue weighted by Crippen LogP contribution is -2.26. The minimum absolute atomic E-state index is 0.197. The fourth-order valence-electron chi connectivity index (χ4n) is 0.923. The van der Waals surface area contributed by atoms with Crippen LogP contribution in [0, 0.1) is 0 Å². The van der Waals surface area contributed by atoms with E-state index in [9.17, 15) is 4.79 Å². The second kappa shape index (κ2) is 5.86. The zero-order chi connectivity index (χ0) is 12.1. The molecule has 1 heterocycles. The van der Waals surface area contributed by atoms with Gasteiger partial charge in [0.25, 0.3) is 5.91 Å². The van der Waals surface area contributed by atoms with E-state index in [1.165, 1.54) is 18.0 Å². The molecule has 1 rings (SSSR count). The molecule has 1 amide bonds. The maximum Gasteiger partial charge on any atom is 0.271 e. The SMILES string of the molecule is C=C(C)CNC(=O)c1nc(SC)ncc1Cl. The van der Waals surface area contributed by atoms with Crippen LogP contribution in [0.5, 0.6) is 0 Å². The number of hydrogen-bond donors (Lipinski definition) is 1. The van der Waals surface area contributed by atoms with Crippen LogP contribution in [0.15, 0.2) is 23.5 Å². The molecule has 6 heteroatoms. The number of nitrogens with one attached hydrogen (secondary N) is 1. The second-order valence-electron chi connectivity index (χ2n) is 3.19. The van der Waals surface area contributed by atoms with E-state index < -0.39 is 0 Å². The Labute approximate surface area is 104 Å². The van der Waals surface area contributed by atoms with E-state index in [1.54, 1.807) is 0 Å². The zero-order valence-electron chi connectivity index (χ0n) is 9.08. The Morgan fingerprint density at radius 2 is 2.38 bits per heavy atom. The fourth-order valence-corrected chi connectivity index (χ4v) is 1.44. The van der Waals surface area contributed by atoms with Gasteiger partial charge in [-0.2, -0.15) is 0 Å². The molecule has 0 aromatic carbocycles. The van der Waals surface area contributed by atoms with Gasteiger partial charge in [0, 0.05) is 6.54 Å². The summed E-state index contributed by atoms with van der Waals surface area (Å²) < 4.78 is 0. The maximum atomic E-state index is 11.7. The van der Waals surface area contributed by atoms with Gasteiger partial charge in [-0.3, -0.25) is 4.79 Å². The molecule has 1 N–H and O–H groups in total. The number of amides is 1. The Morgan fingerprint density at radius 1 is 1.69 bits per heavy atom. The normalized spacial score (nSPS) is 9.94. The predicted octanol–water partition coefficient (Wildman–Crippen LogP) is 2.16. The number of nitrogens with zero attached hydrogens (tertiary/aromatic N) is 2. The van der Waals surface area contributed by atoms with E-state index in [1.807, 2.05) is 13.2 Å². The quantitative estimate of drug-likeness (QED) is 0.510. The molecule has 0 fully saturated rings. The van der Waals surface area contributed by atoms with Crippen LogP contribution in [0.25, 0.3) is 0 Å². The van der Waals surface area contributed by atoms with Gasteiger partial charge in [0.1, 0.15) is 0 Å². The molecule has 0 atom stereocenters. The van der Waals surface area contributed by atoms with Crippen molar-refractivity contribution < 1.29 is 4.79 Å². The first-order valence-electron chi connectivity index (χ1n) is 4.53. The van der Waals surface area contributed by atoms with Gasteiger partial charge in [-0.25, -0.2) is 9.97 Å². The van der Waals surface area contributed by atoms with Crippen LogP contribution in [0.2, 0.25) is 5.02 Å². The molecule has 0 unspecified atom stereocenters. The molecule has 0 saturated carbocycles. The number of carbonyl (C=O) groups is 1. The van der Waals surface area contributed by atoms with Crippen molar-refractivity contribution in [2.45, 2.75) is 12.1 Å². The number of aromatic nitrogens is 2. The van der Waals surface area contributed by atoms with Gasteiger partial charge in [0.2, 0.25) is 0 Å². The summed E-state index contributed by atoms with van der Waals surface area (Å²) in [7, 11) is 0. The fraction of sp³-hybridized carbons (Fsp3) is 0.300. The van der Waals surface area contributed by atoms with Gasteiger partial charge >= 0.3 is 0 Å². The molecule has 0 aliphatic heterocycles. The van der Waals surface area contributed by atoms with E-state index >= 15 is 0 Å². The Balaban J connectivity index is 2.85. The first kappa shape index (κ1) is 13.0. The number of hydrogen-bond acceptors (Lipinski definition) is 4. The average molecular weight is 258 g/mol. The largest absolute Gasteiger partial charge is 0.347 e. The van der Waals surface area contributed by atoms with Crippen molar-refractivity contribution >= 4 is 29.3 Å². The lowest BCUT2D eigenvalue weighted by atomic mass is 10.3. The van der Waals surface area contributed by atoms with E-state index in [0.29, 0.717) is 11.7 Å². The van der Waals surface area contributed by atoms with Crippen LogP contribution < -0.4 is 5.32 Å². The van der Waals surface area contributed by atoms with Crippen LogP contribution in [-0.4, -0.2) is 28.7 Å². The summed E-state index contributed by atoms with van der Waals surface area (Å²) in [4.78, 5) is 19.7. The molecule has 1 aromatic heterocycles. The lowest BCUT2D eigenvalue weighted by Gasteiger charge is -2.06. The minimum atomic E-state index is -0.314. The van der Waals surface area contributed by atoms with Gasteiger partial charge in [0.05, 0.1) is 11.2 Å². The maximum absolute atomic E-state index is 11.7. The van der Waals surface area contributed by atoms with Crippen LogP contribution in [0.3, 0.4) is 0 Å². The van der Waals surface area contributed by atoms with Crippen LogP contribution in [0.4, 0.5) is 0 Å². The number of thioether (sulfide) groups is 1. The van der Waals surface area contributed by atoms with Crippen molar-refractivity contribution in [3.8, 4) is 0 Å². The van der Waals surface area contributed by atoms with Crippen LogP contribution >= 0.6 is 23.4 Å². The van der Waals surface area contributed by atoms with Gasteiger partial charge < -0.3 is 5.32 Å². The summed E-state index contributed by atoms with van der Waals surface area (Å²) in [5, 5.41) is 3.43.